The molecule has 1 aromatic rings. The van der Waals surface area contributed by atoms with Crippen LogP contribution in [0.15, 0.2) is 23.9 Å². The average molecular weight is 233 g/mol. The van der Waals surface area contributed by atoms with Gasteiger partial charge in [-0.05, 0) is 18.2 Å². The molecule has 0 saturated heterocycles. The van der Waals surface area contributed by atoms with Crippen LogP contribution >= 0.6 is 0 Å². The van der Waals surface area contributed by atoms with Crippen molar-refractivity contribution in [3.63, 3.8) is 0 Å². The van der Waals surface area contributed by atoms with Crippen molar-refractivity contribution in [2.24, 2.45) is 0 Å². The SMILES string of the molecule is COCCNC(=O)C1=Cc2ncccc2NC1. The Bertz CT molecular complexity index is 443. The molecule has 0 fully saturated rings. The summed E-state index contributed by atoms with van der Waals surface area (Å²) in [6.45, 7) is 1.56. The third kappa shape index (κ3) is 2.82. The third-order valence-corrected chi connectivity index (χ3v) is 2.50. The number of ether oxygens (including phenoxy) is 1. The van der Waals surface area contributed by atoms with E-state index in [0.29, 0.717) is 25.3 Å². The molecule has 5 heteroatoms. The Hall–Kier alpha value is -1.88. The maximum atomic E-state index is 11.8. The van der Waals surface area contributed by atoms with E-state index in [1.54, 1.807) is 13.3 Å². The molecule has 1 amide bonds. The molecule has 2 N–H and O–H groups in total. The van der Waals surface area contributed by atoms with E-state index in [4.69, 9.17) is 4.74 Å². The highest BCUT2D eigenvalue weighted by molar-refractivity contribution is 6.00. The molecule has 0 atom stereocenters. The van der Waals surface area contributed by atoms with Crippen LogP contribution in [0.25, 0.3) is 6.08 Å². The molecule has 0 aromatic carbocycles. The van der Waals surface area contributed by atoms with E-state index < -0.39 is 0 Å². The fraction of sp³-hybridized carbons (Fsp3) is 0.333. The number of hydrogen-bond donors (Lipinski definition) is 2. The predicted molar refractivity (Wildman–Crippen MR) is 65.6 cm³/mol. The highest BCUT2D eigenvalue weighted by atomic mass is 16.5. The van der Waals surface area contributed by atoms with Gasteiger partial charge in [-0.15, -0.1) is 0 Å². The maximum Gasteiger partial charge on any atom is 0.249 e. The van der Waals surface area contributed by atoms with Crippen LogP contribution in [0, 0.1) is 0 Å². The number of nitrogens with one attached hydrogen (secondary N) is 2. The zero-order chi connectivity index (χ0) is 12.1. The van der Waals surface area contributed by atoms with Gasteiger partial charge >= 0.3 is 0 Å². The summed E-state index contributed by atoms with van der Waals surface area (Å²) in [6.07, 6.45) is 3.52. The van der Waals surface area contributed by atoms with Gasteiger partial charge in [-0.25, -0.2) is 0 Å². The smallest absolute Gasteiger partial charge is 0.249 e. The number of hydrogen-bond acceptors (Lipinski definition) is 4. The molecule has 90 valence electrons. The van der Waals surface area contributed by atoms with Crippen LogP contribution in [-0.2, 0) is 9.53 Å². The Balaban J connectivity index is 2.04. The number of pyridine rings is 1. The largest absolute Gasteiger partial charge is 0.383 e. The Kier molecular flexibility index (Phi) is 3.72. The molecular formula is C12H15N3O2. The van der Waals surface area contributed by atoms with Crippen LogP contribution in [0.5, 0.6) is 0 Å². The first-order chi connectivity index (χ1) is 8.31. The molecule has 0 spiro atoms. The molecule has 0 unspecified atom stereocenters. The first-order valence-electron chi connectivity index (χ1n) is 5.48. The van der Waals surface area contributed by atoms with Crippen LogP contribution in [-0.4, -0.2) is 37.7 Å². The fourth-order valence-electron chi connectivity index (χ4n) is 1.61. The lowest BCUT2D eigenvalue weighted by molar-refractivity contribution is -0.117. The quantitative estimate of drug-likeness (QED) is 0.750. The average Bonchev–Trinajstić information content (AvgIpc) is 2.38. The van der Waals surface area contributed by atoms with Gasteiger partial charge in [0.05, 0.1) is 18.0 Å². The molecule has 1 aliphatic rings. The minimum atomic E-state index is -0.0779. The van der Waals surface area contributed by atoms with Crippen molar-refractivity contribution >= 4 is 17.7 Å². The van der Waals surface area contributed by atoms with Gasteiger partial charge in [0.1, 0.15) is 0 Å². The van der Waals surface area contributed by atoms with Gasteiger partial charge in [-0.3, -0.25) is 9.78 Å². The van der Waals surface area contributed by atoms with Crippen LogP contribution in [0.4, 0.5) is 5.69 Å². The number of nitrogens with zero attached hydrogens (tertiary/aromatic N) is 1. The Morgan fingerprint density at radius 1 is 1.65 bits per heavy atom. The predicted octanol–water partition coefficient (Wildman–Crippen LogP) is 0.653. The van der Waals surface area contributed by atoms with Gasteiger partial charge in [-0.2, -0.15) is 0 Å². The summed E-state index contributed by atoms with van der Waals surface area (Å²) in [5.41, 5.74) is 2.45. The van der Waals surface area contributed by atoms with E-state index in [-0.39, 0.29) is 5.91 Å². The zero-order valence-corrected chi connectivity index (χ0v) is 9.69. The van der Waals surface area contributed by atoms with E-state index in [9.17, 15) is 4.79 Å². The topological polar surface area (TPSA) is 63.2 Å². The Morgan fingerprint density at radius 2 is 2.53 bits per heavy atom. The highest BCUT2D eigenvalue weighted by Crippen LogP contribution is 2.20. The van der Waals surface area contributed by atoms with E-state index in [2.05, 4.69) is 15.6 Å². The molecule has 0 aliphatic carbocycles. The van der Waals surface area contributed by atoms with Gasteiger partial charge in [-0.1, -0.05) is 0 Å². The van der Waals surface area contributed by atoms with Crippen molar-refractivity contribution in [2.45, 2.75) is 0 Å². The third-order valence-electron chi connectivity index (χ3n) is 2.50. The van der Waals surface area contributed by atoms with E-state index in [1.807, 2.05) is 18.2 Å². The first kappa shape index (κ1) is 11.6. The maximum absolute atomic E-state index is 11.8. The number of carbonyl (C=O) groups is 1. The minimum absolute atomic E-state index is 0.0779. The first-order valence-corrected chi connectivity index (χ1v) is 5.48. The molecule has 1 aromatic heterocycles. The second kappa shape index (κ2) is 5.45. The molecule has 5 nitrogen and oxygen atoms in total. The molecule has 2 heterocycles. The van der Waals surface area contributed by atoms with Crippen molar-refractivity contribution in [1.82, 2.24) is 10.3 Å². The van der Waals surface area contributed by atoms with Crippen molar-refractivity contribution in [3.05, 3.63) is 29.6 Å². The van der Waals surface area contributed by atoms with Crippen LogP contribution in [0.1, 0.15) is 5.69 Å². The Morgan fingerprint density at radius 3 is 3.35 bits per heavy atom. The van der Waals surface area contributed by atoms with Crippen LogP contribution < -0.4 is 10.6 Å². The van der Waals surface area contributed by atoms with Gasteiger partial charge < -0.3 is 15.4 Å². The van der Waals surface area contributed by atoms with Gasteiger partial charge in [0, 0.05) is 32.0 Å². The summed E-state index contributed by atoms with van der Waals surface area (Å²) in [7, 11) is 1.60. The standard InChI is InChI=1S/C12H15N3O2/c1-17-6-5-14-12(16)9-7-11-10(15-8-9)3-2-4-13-11/h2-4,7,15H,5-6,8H2,1H3,(H,14,16). The van der Waals surface area contributed by atoms with Gasteiger partial charge in [0.15, 0.2) is 0 Å². The van der Waals surface area contributed by atoms with E-state index >= 15 is 0 Å². The lowest BCUT2D eigenvalue weighted by atomic mass is 10.1. The molecule has 2 rings (SSSR count). The second-order valence-corrected chi connectivity index (χ2v) is 3.71. The van der Waals surface area contributed by atoms with Gasteiger partial charge in [0.25, 0.3) is 0 Å². The number of rotatable bonds is 4. The lowest BCUT2D eigenvalue weighted by Gasteiger charge is -2.17. The van der Waals surface area contributed by atoms with Crippen LogP contribution in [0.2, 0.25) is 0 Å². The van der Waals surface area contributed by atoms with E-state index in [0.717, 1.165) is 11.4 Å². The minimum Gasteiger partial charge on any atom is -0.383 e. The summed E-state index contributed by atoms with van der Waals surface area (Å²) < 4.78 is 4.87. The van der Waals surface area contributed by atoms with Crippen molar-refractivity contribution < 1.29 is 9.53 Å². The van der Waals surface area contributed by atoms with Crippen molar-refractivity contribution in [2.75, 3.05) is 32.1 Å². The summed E-state index contributed by atoms with van der Waals surface area (Å²) in [5.74, 6) is -0.0779. The van der Waals surface area contributed by atoms with E-state index in [1.165, 1.54) is 0 Å². The number of anilines is 1. The summed E-state index contributed by atoms with van der Waals surface area (Å²) >= 11 is 0. The fourth-order valence-corrected chi connectivity index (χ4v) is 1.61. The lowest BCUT2D eigenvalue weighted by Crippen LogP contribution is -2.31. The molecular weight excluding hydrogens is 218 g/mol. The molecule has 0 radical (unpaired) electrons. The molecule has 0 bridgehead atoms. The van der Waals surface area contributed by atoms with Crippen LogP contribution in [0.3, 0.4) is 0 Å². The highest BCUT2D eigenvalue weighted by Gasteiger charge is 2.15. The number of fused-ring (bicyclic) bond motifs is 1. The van der Waals surface area contributed by atoms with Gasteiger partial charge in [0.2, 0.25) is 5.91 Å². The number of aromatic nitrogens is 1. The molecule has 0 saturated carbocycles. The molecule has 17 heavy (non-hydrogen) atoms. The monoisotopic (exact) mass is 233 g/mol. The number of methoxy groups -OCH3 is 1. The second-order valence-electron chi connectivity index (χ2n) is 3.71. The normalized spacial score (nSPS) is 13.4. The zero-order valence-electron chi connectivity index (χ0n) is 9.69. The number of amides is 1. The Labute approximate surface area is 99.9 Å². The molecule has 1 aliphatic heterocycles. The van der Waals surface area contributed by atoms with Crippen molar-refractivity contribution in [1.29, 1.82) is 0 Å². The summed E-state index contributed by atoms with van der Waals surface area (Å²) in [4.78, 5) is 16.0. The summed E-state index contributed by atoms with van der Waals surface area (Å²) in [5, 5.41) is 5.95. The summed E-state index contributed by atoms with van der Waals surface area (Å²) in [6, 6.07) is 3.81. The van der Waals surface area contributed by atoms with Crippen molar-refractivity contribution in [3.8, 4) is 0 Å². The number of carbonyl (C=O) groups excluding carboxylic acids is 1.